The van der Waals surface area contributed by atoms with Gasteiger partial charge in [-0.1, -0.05) is 11.6 Å². The number of benzene rings is 2. The number of ether oxygens (including phenoxy) is 1. The van der Waals surface area contributed by atoms with Crippen molar-refractivity contribution in [1.29, 1.82) is 0 Å². The van der Waals surface area contributed by atoms with Crippen molar-refractivity contribution in [3.8, 4) is 17.0 Å². The Balaban J connectivity index is 1.84. The summed E-state index contributed by atoms with van der Waals surface area (Å²) in [6, 6.07) is 12.2. The molecule has 1 aliphatic rings. The third-order valence-electron chi connectivity index (χ3n) is 4.68. The molecule has 132 valence electrons. The number of allylic oxidation sites excluding steroid dienone is 1. The molecule has 1 aliphatic heterocycles. The zero-order valence-electron chi connectivity index (χ0n) is 14.5. The van der Waals surface area contributed by atoms with Gasteiger partial charge in [0.15, 0.2) is 0 Å². The van der Waals surface area contributed by atoms with E-state index in [2.05, 4.69) is 23.9 Å². The van der Waals surface area contributed by atoms with E-state index in [-0.39, 0.29) is 5.82 Å². The van der Waals surface area contributed by atoms with Gasteiger partial charge in [-0.2, -0.15) is 4.98 Å². The highest BCUT2D eigenvalue weighted by atomic mass is 35.5. The first-order valence-electron chi connectivity index (χ1n) is 8.23. The third kappa shape index (κ3) is 2.69. The van der Waals surface area contributed by atoms with Crippen LogP contribution in [-0.2, 0) is 6.54 Å². The van der Waals surface area contributed by atoms with Crippen molar-refractivity contribution in [2.45, 2.75) is 6.54 Å². The van der Waals surface area contributed by atoms with Crippen LogP contribution >= 0.6 is 11.6 Å². The Morgan fingerprint density at radius 3 is 2.69 bits per heavy atom. The van der Waals surface area contributed by atoms with Gasteiger partial charge in [-0.3, -0.25) is 4.57 Å². The summed E-state index contributed by atoms with van der Waals surface area (Å²) in [5.74, 6) is 1.00. The SMILES string of the molecule is COc1cc(F)ccc1-c1cn2c(n1)[N+](C)(c1ccc(Cl)cc1)C=CC2. The summed E-state index contributed by atoms with van der Waals surface area (Å²) in [5, 5.41) is 0.696. The molecule has 6 heteroatoms. The maximum absolute atomic E-state index is 13.5. The fourth-order valence-corrected chi connectivity index (χ4v) is 3.43. The minimum Gasteiger partial charge on any atom is -0.496 e. The maximum Gasteiger partial charge on any atom is 0.319 e. The van der Waals surface area contributed by atoms with Gasteiger partial charge in [0.05, 0.1) is 26.4 Å². The van der Waals surface area contributed by atoms with Crippen LogP contribution in [0.1, 0.15) is 0 Å². The molecule has 0 fully saturated rings. The lowest BCUT2D eigenvalue weighted by Gasteiger charge is -2.30. The van der Waals surface area contributed by atoms with Gasteiger partial charge < -0.3 is 4.74 Å². The second-order valence-electron chi connectivity index (χ2n) is 6.36. The topological polar surface area (TPSA) is 27.1 Å². The van der Waals surface area contributed by atoms with Crippen molar-refractivity contribution in [1.82, 2.24) is 14.0 Å². The second kappa shape index (κ2) is 6.27. The molecule has 0 spiro atoms. The van der Waals surface area contributed by atoms with Gasteiger partial charge in [-0.25, -0.2) is 8.87 Å². The fourth-order valence-electron chi connectivity index (χ4n) is 3.31. The first kappa shape index (κ1) is 16.8. The van der Waals surface area contributed by atoms with Crippen molar-refractivity contribution in [3.63, 3.8) is 0 Å². The van der Waals surface area contributed by atoms with Crippen molar-refractivity contribution < 1.29 is 9.13 Å². The molecule has 2 aromatic carbocycles. The highest BCUT2D eigenvalue weighted by Crippen LogP contribution is 2.39. The number of hydrogen-bond donors (Lipinski definition) is 0. The average molecular weight is 371 g/mol. The zero-order valence-corrected chi connectivity index (χ0v) is 15.2. The average Bonchev–Trinajstić information content (AvgIpc) is 3.07. The van der Waals surface area contributed by atoms with E-state index in [1.165, 1.54) is 19.2 Å². The van der Waals surface area contributed by atoms with Gasteiger partial charge in [0.2, 0.25) is 0 Å². The highest BCUT2D eigenvalue weighted by Gasteiger charge is 2.34. The van der Waals surface area contributed by atoms with E-state index in [4.69, 9.17) is 21.3 Å². The molecule has 0 saturated heterocycles. The van der Waals surface area contributed by atoms with Crippen LogP contribution in [-0.4, -0.2) is 23.7 Å². The quantitative estimate of drug-likeness (QED) is 0.596. The van der Waals surface area contributed by atoms with Gasteiger partial charge in [0.25, 0.3) is 0 Å². The third-order valence-corrected chi connectivity index (χ3v) is 4.93. The summed E-state index contributed by atoms with van der Waals surface area (Å²) in [7, 11) is 3.60. The first-order valence-corrected chi connectivity index (χ1v) is 8.61. The number of rotatable bonds is 3. The Morgan fingerprint density at radius 1 is 1.19 bits per heavy atom. The Labute approximate surface area is 156 Å². The predicted octanol–water partition coefficient (Wildman–Crippen LogP) is 5.15. The molecule has 0 radical (unpaired) electrons. The largest absolute Gasteiger partial charge is 0.496 e. The summed E-state index contributed by atoms with van der Waals surface area (Å²) >= 11 is 6.04. The van der Waals surface area contributed by atoms with Crippen LogP contribution in [0, 0.1) is 5.82 Å². The van der Waals surface area contributed by atoms with E-state index >= 15 is 0 Å². The van der Waals surface area contributed by atoms with Crippen LogP contribution in [0.2, 0.25) is 5.02 Å². The molecule has 1 unspecified atom stereocenters. The number of nitrogens with zero attached hydrogens (tertiary/aromatic N) is 3. The van der Waals surface area contributed by atoms with Crippen molar-refractivity contribution in [2.75, 3.05) is 14.2 Å². The minimum atomic E-state index is -0.335. The molecule has 0 amide bonds. The summed E-state index contributed by atoms with van der Waals surface area (Å²) in [5.41, 5.74) is 2.56. The number of hydrogen-bond acceptors (Lipinski definition) is 2. The lowest BCUT2D eigenvalue weighted by molar-refractivity contribution is 0.413. The van der Waals surface area contributed by atoms with Crippen LogP contribution in [0.3, 0.4) is 0 Å². The first-order chi connectivity index (χ1) is 12.5. The number of fused-ring (bicyclic) bond motifs is 1. The molecule has 0 N–H and O–H groups in total. The molecule has 4 nitrogen and oxygen atoms in total. The zero-order chi connectivity index (χ0) is 18.3. The van der Waals surface area contributed by atoms with E-state index in [1.54, 1.807) is 6.07 Å². The summed E-state index contributed by atoms with van der Waals surface area (Å²) in [6.45, 7) is 0.729. The van der Waals surface area contributed by atoms with Gasteiger partial charge in [0, 0.05) is 35.0 Å². The number of aromatic nitrogens is 2. The Bertz CT molecular complexity index is 997. The number of halogens is 2. The van der Waals surface area contributed by atoms with E-state index in [9.17, 15) is 4.39 Å². The molecule has 1 atom stereocenters. The molecule has 0 bridgehead atoms. The van der Waals surface area contributed by atoms with Gasteiger partial charge in [-0.15, -0.1) is 0 Å². The predicted molar refractivity (Wildman–Crippen MR) is 102 cm³/mol. The van der Waals surface area contributed by atoms with Crippen LogP contribution in [0.25, 0.3) is 11.3 Å². The van der Waals surface area contributed by atoms with Gasteiger partial charge in [-0.05, 0) is 30.3 Å². The summed E-state index contributed by atoms with van der Waals surface area (Å²) in [4.78, 5) is 4.86. The molecule has 0 saturated carbocycles. The van der Waals surface area contributed by atoms with Gasteiger partial charge >= 0.3 is 5.95 Å². The molecule has 1 aromatic heterocycles. The van der Waals surface area contributed by atoms with E-state index in [0.29, 0.717) is 15.3 Å². The minimum absolute atomic E-state index is 0.335. The van der Waals surface area contributed by atoms with E-state index < -0.39 is 0 Å². The van der Waals surface area contributed by atoms with E-state index in [0.717, 1.165) is 29.4 Å². The van der Waals surface area contributed by atoms with Crippen LogP contribution in [0.4, 0.5) is 16.0 Å². The summed E-state index contributed by atoms with van der Waals surface area (Å²) in [6.07, 6.45) is 6.19. The van der Waals surface area contributed by atoms with E-state index in [1.807, 2.05) is 30.5 Å². The summed E-state index contributed by atoms with van der Waals surface area (Å²) < 4.78 is 21.4. The maximum atomic E-state index is 13.5. The highest BCUT2D eigenvalue weighted by molar-refractivity contribution is 6.30. The lowest BCUT2D eigenvalue weighted by Crippen LogP contribution is -2.38. The Hall–Kier alpha value is -2.63. The molecule has 2 heterocycles. The Morgan fingerprint density at radius 2 is 1.96 bits per heavy atom. The van der Waals surface area contributed by atoms with Crippen LogP contribution < -0.4 is 9.22 Å². The number of imidazole rings is 1. The van der Waals surface area contributed by atoms with Crippen LogP contribution in [0.15, 0.2) is 60.9 Å². The van der Waals surface area contributed by atoms with Crippen LogP contribution in [0.5, 0.6) is 5.75 Å². The normalized spacial score (nSPS) is 18.6. The number of quaternary nitrogens is 1. The lowest BCUT2D eigenvalue weighted by atomic mass is 10.1. The Kier molecular flexibility index (Phi) is 4.05. The molecular weight excluding hydrogens is 353 g/mol. The van der Waals surface area contributed by atoms with Crippen molar-refractivity contribution >= 4 is 23.2 Å². The molecule has 4 rings (SSSR count). The molecule has 0 aliphatic carbocycles. The molecule has 26 heavy (non-hydrogen) atoms. The molecule has 3 aromatic rings. The monoisotopic (exact) mass is 370 g/mol. The van der Waals surface area contributed by atoms with Crippen molar-refractivity contribution in [3.05, 3.63) is 71.8 Å². The fraction of sp³-hybridized carbons (Fsp3) is 0.150. The standard InChI is InChI=1S/C20H18ClFN3O/c1-25(16-7-4-14(21)5-8-16)11-3-10-24-13-18(23-20(24)25)17-9-6-15(22)12-19(17)26-2/h3-9,11-13H,10H2,1-2H3/q+1. The smallest absolute Gasteiger partial charge is 0.319 e. The van der Waals surface area contributed by atoms with Gasteiger partial charge in [0.1, 0.15) is 23.5 Å². The molecular formula is C20H18ClFN3O+. The van der Waals surface area contributed by atoms with Crippen molar-refractivity contribution in [2.24, 2.45) is 0 Å². The second-order valence-corrected chi connectivity index (χ2v) is 6.80. The number of methoxy groups -OCH3 is 1.